The van der Waals surface area contributed by atoms with Crippen LogP contribution in [0.5, 0.6) is 11.5 Å². The number of piperidine rings is 1. The number of nitrogens with one attached hydrogen (secondary N) is 1. The zero-order valence-corrected chi connectivity index (χ0v) is 16.6. The van der Waals surface area contributed by atoms with Crippen molar-refractivity contribution in [3.05, 3.63) is 54.6 Å². The first-order valence-electron chi connectivity index (χ1n) is 10.4. The van der Waals surface area contributed by atoms with Crippen molar-refractivity contribution >= 4 is 11.6 Å². The molecule has 0 aliphatic carbocycles. The number of hydrogen-bond acceptors (Lipinski definition) is 5. The van der Waals surface area contributed by atoms with Crippen LogP contribution in [0.1, 0.15) is 19.3 Å². The molecule has 2 aromatic rings. The largest absolute Gasteiger partial charge is 0.455 e. The van der Waals surface area contributed by atoms with Crippen molar-refractivity contribution in [3.8, 4) is 11.5 Å². The third kappa shape index (κ3) is 5.56. The van der Waals surface area contributed by atoms with E-state index in [4.69, 9.17) is 14.2 Å². The quantitative estimate of drug-likeness (QED) is 0.769. The van der Waals surface area contributed by atoms with E-state index >= 15 is 0 Å². The van der Waals surface area contributed by atoms with Gasteiger partial charge in [-0.1, -0.05) is 30.3 Å². The summed E-state index contributed by atoms with van der Waals surface area (Å²) in [5.74, 6) is 1.86. The Balaban J connectivity index is 1.24. The van der Waals surface area contributed by atoms with Gasteiger partial charge in [0.05, 0.1) is 18.9 Å². The van der Waals surface area contributed by atoms with Gasteiger partial charge in [0.15, 0.2) is 12.0 Å². The molecule has 6 heteroatoms. The van der Waals surface area contributed by atoms with E-state index in [-0.39, 0.29) is 12.2 Å². The minimum absolute atomic E-state index is 0.00121. The number of nitrogens with zero attached hydrogens (tertiary/aromatic N) is 1. The fraction of sp³-hybridized carbons (Fsp3) is 0.435. The molecule has 0 bridgehead atoms. The number of carbonyl (C=O) groups excluding carboxylic acids is 1. The second-order valence-corrected chi connectivity index (χ2v) is 7.50. The summed E-state index contributed by atoms with van der Waals surface area (Å²) >= 11 is 0. The lowest BCUT2D eigenvalue weighted by molar-refractivity contribution is -0.117. The summed E-state index contributed by atoms with van der Waals surface area (Å²) in [6, 6.07) is 17.1. The van der Waals surface area contributed by atoms with Crippen LogP contribution < -0.4 is 10.1 Å². The fourth-order valence-corrected chi connectivity index (χ4v) is 3.84. The van der Waals surface area contributed by atoms with Crippen molar-refractivity contribution in [3.63, 3.8) is 0 Å². The number of benzene rings is 2. The Bertz CT molecular complexity index is 784. The number of carbonyl (C=O) groups is 1. The van der Waals surface area contributed by atoms with E-state index in [1.165, 1.54) is 0 Å². The van der Waals surface area contributed by atoms with Gasteiger partial charge < -0.3 is 24.4 Å². The molecule has 29 heavy (non-hydrogen) atoms. The van der Waals surface area contributed by atoms with Crippen LogP contribution in [0.15, 0.2) is 54.6 Å². The first-order valence-corrected chi connectivity index (χ1v) is 10.4. The summed E-state index contributed by atoms with van der Waals surface area (Å²) in [4.78, 5) is 14.8. The van der Waals surface area contributed by atoms with E-state index in [2.05, 4.69) is 10.2 Å². The molecule has 0 aromatic heterocycles. The zero-order chi connectivity index (χ0) is 19.9. The maximum atomic E-state index is 12.5. The van der Waals surface area contributed by atoms with Gasteiger partial charge in [0.2, 0.25) is 5.91 Å². The maximum absolute atomic E-state index is 12.5. The first-order chi connectivity index (χ1) is 14.3. The molecule has 4 rings (SSSR count). The zero-order valence-electron chi connectivity index (χ0n) is 16.6. The van der Waals surface area contributed by atoms with Gasteiger partial charge in [0.25, 0.3) is 0 Å². The molecule has 1 N–H and O–H groups in total. The van der Waals surface area contributed by atoms with Gasteiger partial charge in [-0.15, -0.1) is 0 Å². The van der Waals surface area contributed by atoms with E-state index in [0.717, 1.165) is 38.2 Å². The van der Waals surface area contributed by atoms with Crippen LogP contribution in [-0.4, -0.2) is 49.9 Å². The highest BCUT2D eigenvalue weighted by molar-refractivity contribution is 5.92. The van der Waals surface area contributed by atoms with E-state index in [1.807, 2.05) is 54.6 Å². The van der Waals surface area contributed by atoms with Crippen molar-refractivity contribution in [2.24, 2.45) is 5.92 Å². The molecule has 0 unspecified atom stereocenters. The van der Waals surface area contributed by atoms with Crippen molar-refractivity contribution in [1.29, 1.82) is 0 Å². The summed E-state index contributed by atoms with van der Waals surface area (Å²) in [7, 11) is 0. The third-order valence-electron chi connectivity index (χ3n) is 5.45. The maximum Gasteiger partial charge on any atom is 0.225 e. The molecule has 0 atom stereocenters. The lowest BCUT2D eigenvalue weighted by Crippen LogP contribution is -2.39. The van der Waals surface area contributed by atoms with E-state index in [1.54, 1.807) is 0 Å². The number of para-hydroxylation sites is 3. The topological polar surface area (TPSA) is 60.0 Å². The van der Waals surface area contributed by atoms with Crippen LogP contribution in [0.2, 0.25) is 0 Å². The van der Waals surface area contributed by atoms with Gasteiger partial charge in [0, 0.05) is 18.9 Å². The van der Waals surface area contributed by atoms with Crippen LogP contribution >= 0.6 is 0 Å². The average molecular weight is 396 g/mol. The lowest BCUT2D eigenvalue weighted by atomic mass is 9.96. The molecule has 2 aromatic carbocycles. The van der Waals surface area contributed by atoms with Gasteiger partial charge in [-0.25, -0.2) is 0 Å². The van der Waals surface area contributed by atoms with Crippen molar-refractivity contribution in [2.45, 2.75) is 25.6 Å². The molecule has 6 nitrogen and oxygen atoms in total. The molecule has 2 heterocycles. The number of hydrogen-bond donors (Lipinski definition) is 1. The van der Waals surface area contributed by atoms with Gasteiger partial charge in [-0.2, -0.15) is 0 Å². The molecule has 0 spiro atoms. The summed E-state index contributed by atoms with van der Waals surface area (Å²) < 4.78 is 17.2. The second-order valence-electron chi connectivity index (χ2n) is 7.50. The molecular formula is C23H28N2O4. The van der Waals surface area contributed by atoms with Crippen LogP contribution in [0.4, 0.5) is 5.69 Å². The monoisotopic (exact) mass is 396 g/mol. The molecular weight excluding hydrogens is 368 g/mol. The second kappa shape index (κ2) is 9.87. The SMILES string of the molecule is O=C(CCN1CCC(C2OCCO2)CC1)Nc1ccccc1Oc1ccccc1. The lowest BCUT2D eigenvalue weighted by Gasteiger charge is -2.33. The highest BCUT2D eigenvalue weighted by Gasteiger charge is 2.30. The van der Waals surface area contributed by atoms with Gasteiger partial charge in [0.1, 0.15) is 5.75 Å². The highest BCUT2D eigenvalue weighted by Crippen LogP contribution is 2.29. The van der Waals surface area contributed by atoms with Gasteiger partial charge in [-0.3, -0.25) is 4.79 Å². The number of anilines is 1. The molecule has 2 saturated heterocycles. The number of rotatable bonds is 7. The molecule has 0 radical (unpaired) electrons. The van der Waals surface area contributed by atoms with Crippen molar-refractivity contribution in [2.75, 3.05) is 38.2 Å². The van der Waals surface area contributed by atoms with Gasteiger partial charge in [-0.05, 0) is 50.2 Å². The molecule has 2 aliphatic heterocycles. The van der Waals surface area contributed by atoms with Crippen LogP contribution in [0.3, 0.4) is 0 Å². The van der Waals surface area contributed by atoms with Crippen LogP contribution in [0, 0.1) is 5.92 Å². The summed E-state index contributed by atoms with van der Waals surface area (Å²) in [5, 5.41) is 2.99. The highest BCUT2D eigenvalue weighted by atomic mass is 16.7. The van der Waals surface area contributed by atoms with E-state index < -0.39 is 0 Å². The summed E-state index contributed by atoms with van der Waals surface area (Å²) in [6.07, 6.45) is 2.54. The molecule has 2 aliphatic rings. The Morgan fingerprint density at radius 1 is 1.00 bits per heavy atom. The van der Waals surface area contributed by atoms with E-state index in [9.17, 15) is 4.79 Å². The fourth-order valence-electron chi connectivity index (χ4n) is 3.84. The summed E-state index contributed by atoms with van der Waals surface area (Å²) in [5.41, 5.74) is 0.690. The first kappa shape index (κ1) is 19.9. The Hall–Kier alpha value is -2.41. The predicted molar refractivity (Wildman–Crippen MR) is 111 cm³/mol. The minimum atomic E-state index is -0.0263. The molecule has 2 fully saturated rings. The number of ether oxygens (including phenoxy) is 3. The molecule has 1 amide bonds. The number of amides is 1. The average Bonchev–Trinajstić information content (AvgIpc) is 3.30. The standard InChI is InChI=1S/C23H28N2O4/c26-22(12-15-25-13-10-18(11-14-25)23-27-16-17-28-23)24-20-8-4-5-9-21(20)29-19-6-2-1-3-7-19/h1-9,18,23H,10-17H2,(H,24,26). The summed E-state index contributed by atoms with van der Waals surface area (Å²) in [6.45, 7) is 4.14. The van der Waals surface area contributed by atoms with Crippen LogP contribution in [0.25, 0.3) is 0 Å². The third-order valence-corrected chi connectivity index (χ3v) is 5.45. The molecule has 0 saturated carbocycles. The Kier molecular flexibility index (Phi) is 6.77. The Labute approximate surface area is 171 Å². The smallest absolute Gasteiger partial charge is 0.225 e. The Morgan fingerprint density at radius 2 is 1.69 bits per heavy atom. The number of likely N-dealkylation sites (tertiary alicyclic amines) is 1. The van der Waals surface area contributed by atoms with Crippen molar-refractivity contribution < 1.29 is 19.0 Å². The molecule has 154 valence electrons. The predicted octanol–water partition coefficient (Wildman–Crippen LogP) is 3.89. The van der Waals surface area contributed by atoms with Crippen molar-refractivity contribution in [1.82, 2.24) is 4.90 Å². The Morgan fingerprint density at radius 3 is 2.45 bits per heavy atom. The normalized spacial score (nSPS) is 18.6. The van der Waals surface area contributed by atoms with Gasteiger partial charge >= 0.3 is 0 Å². The van der Waals surface area contributed by atoms with E-state index in [0.29, 0.717) is 37.0 Å². The minimum Gasteiger partial charge on any atom is -0.455 e. The van der Waals surface area contributed by atoms with Crippen LogP contribution in [-0.2, 0) is 14.3 Å².